The molecule has 1 aromatic heterocycles. The number of nitrogens with zero attached hydrogens (tertiary/aromatic N) is 1. The molecule has 1 unspecified atom stereocenters. The highest BCUT2D eigenvalue weighted by Crippen LogP contribution is 2.13. The fourth-order valence-corrected chi connectivity index (χ4v) is 1.88. The van der Waals surface area contributed by atoms with Gasteiger partial charge in [0.05, 0.1) is 6.61 Å². The van der Waals surface area contributed by atoms with Crippen LogP contribution in [0, 0.1) is 5.92 Å². The van der Waals surface area contributed by atoms with Gasteiger partial charge in [-0.1, -0.05) is 6.07 Å². The van der Waals surface area contributed by atoms with Crippen LogP contribution in [0.25, 0.3) is 0 Å². The number of rotatable bonds is 5. The molecule has 88 valence electrons. The predicted molar refractivity (Wildman–Crippen MR) is 64.9 cm³/mol. The molecule has 0 radical (unpaired) electrons. The molecule has 1 saturated heterocycles. The third-order valence-corrected chi connectivity index (χ3v) is 2.75. The van der Waals surface area contributed by atoms with Crippen LogP contribution in [0.1, 0.15) is 13.3 Å². The second-order valence-electron chi connectivity index (χ2n) is 4.03. The quantitative estimate of drug-likeness (QED) is 0.791. The first-order valence-electron chi connectivity index (χ1n) is 5.93. The molecule has 1 fully saturated rings. The Balaban J connectivity index is 1.85. The van der Waals surface area contributed by atoms with E-state index in [1.807, 2.05) is 25.1 Å². The first-order chi connectivity index (χ1) is 7.88. The molecular weight excluding hydrogens is 202 g/mol. The van der Waals surface area contributed by atoms with Gasteiger partial charge in [0, 0.05) is 12.6 Å². The van der Waals surface area contributed by atoms with Crippen LogP contribution in [0.3, 0.4) is 0 Å². The number of ether oxygens (including phenoxy) is 1. The Hall–Kier alpha value is -1.29. The van der Waals surface area contributed by atoms with E-state index >= 15 is 0 Å². The molecule has 1 aliphatic rings. The highest BCUT2D eigenvalue weighted by molar-refractivity contribution is 5.37. The van der Waals surface area contributed by atoms with Gasteiger partial charge in [-0.25, -0.2) is 0 Å². The third-order valence-electron chi connectivity index (χ3n) is 2.75. The fraction of sp³-hybridized carbons (Fsp3) is 0.583. The van der Waals surface area contributed by atoms with E-state index in [0.717, 1.165) is 31.4 Å². The Labute approximate surface area is 96.4 Å². The number of hydrogen-bond acceptors (Lipinski definition) is 4. The van der Waals surface area contributed by atoms with Gasteiger partial charge in [0.25, 0.3) is 0 Å². The Bertz CT molecular complexity index is 324. The maximum Gasteiger partial charge on any atom is 0.215 e. The zero-order valence-corrected chi connectivity index (χ0v) is 9.70. The van der Waals surface area contributed by atoms with Gasteiger partial charge in [-0.05, 0) is 38.4 Å². The molecular formula is C12H19N3O. The molecule has 1 aliphatic heterocycles. The molecule has 0 saturated carbocycles. The molecule has 0 amide bonds. The smallest absolute Gasteiger partial charge is 0.215 e. The van der Waals surface area contributed by atoms with E-state index in [-0.39, 0.29) is 0 Å². The summed E-state index contributed by atoms with van der Waals surface area (Å²) in [6.45, 7) is 5.85. The molecule has 1 aromatic rings. The molecule has 2 N–H and O–H groups in total. The zero-order valence-electron chi connectivity index (χ0n) is 9.70. The van der Waals surface area contributed by atoms with Gasteiger partial charge in [-0.3, -0.25) is 0 Å². The molecule has 4 heteroatoms. The van der Waals surface area contributed by atoms with E-state index in [2.05, 4.69) is 15.6 Å². The van der Waals surface area contributed by atoms with Crippen molar-refractivity contribution < 1.29 is 4.74 Å². The van der Waals surface area contributed by atoms with Crippen molar-refractivity contribution in [2.24, 2.45) is 5.92 Å². The molecule has 2 rings (SSSR count). The molecule has 2 heterocycles. The van der Waals surface area contributed by atoms with Crippen molar-refractivity contribution in [3.05, 3.63) is 18.2 Å². The largest absolute Gasteiger partial charge is 0.478 e. The van der Waals surface area contributed by atoms with E-state index in [9.17, 15) is 0 Å². The summed E-state index contributed by atoms with van der Waals surface area (Å²) in [7, 11) is 0. The van der Waals surface area contributed by atoms with E-state index < -0.39 is 0 Å². The van der Waals surface area contributed by atoms with E-state index in [1.165, 1.54) is 6.42 Å². The van der Waals surface area contributed by atoms with Crippen LogP contribution < -0.4 is 15.4 Å². The van der Waals surface area contributed by atoms with Gasteiger partial charge in [-0.15, -0.1) is 0 Å². The summed E-state index contributed by atoms with van der Waals surface area (Å²) < 4.78 is 5.35. The second kappa shape index (κ2) is 5.70. The Morgan fingerprint density at radius 1 is 1.56 bits per heavy atom. The standard InChI is InChI=1S/C12H19N3O/c1-2-16-12-5-3-4-11(15-12)14-9-10-6-7-13-8-10/h3-5,10,13H,2,6-9H2,1H3,(H,14,15). The van der Waals surface area contributed by atoms with Crippen LogP contribution >= 0.6 is 0 Å². The summed E-state index contributed by atoms with van der Waals surface area (Å²) in [4.78, 5) is 4.37. The van der Waals surface area contributed by atoms with Crippen molar-refractivity contribution in [1.29, 1.82) is 0 Å². The molecule has 0 spiro atoms. The van der Waals surface area contributed by atoms with Crippen LogP contribution in [-0.2, 0) is 0 Å². The Kier molecular flexibility index (Phi) is 3.99. The lowest BCUT2D eigenvalue weighted by Gasteiger charge is -2.11. The van der Waals surface area contributed by atoms with Crippen molar-refractivity contribution in [2.45, 2.75) is 13.3 Å². The van der Waals surface area contributed by atoms with Gasteiger partial charge < -0.3 is 15.4 Å². The van der Waals surface area contributed by atoms with Gasteiger partial charge >= 0.3 is 0 Å². The van der Waals surface area contributed by atoms with Gasteiger partial charge in [0.2, 0.25) is 5.88 Å². The minimum atomic E-state index is 0.656. The van der Waals surface area contributed by atoms with Crippen LogP contribution in [0.4, 0.5) is 5.82 Å². The summed E-state index contributed by atoms with van der Waals surface area (Å²) in [5, 5.41) is 6.71. The predicted octanol–water partition coefficient (Wildman–Crippen LogP) is 1.50. The summed E-state index contributed by atoms with van der Waals surface area (Å²) in [5.41, 5.74) is 0. The Morgan fingerprint density at radius 3 is 3.25 bits per heavy atom. The van der Waals surface area contributed by atoms with Gasteiger partial charge in [0.15, 0.2) is 0 Å². The molecule has 16 heavy (non-hydrogen) atoms. The number of hydrogen-bond donors (Lipinski definition) is 2. The molecule has 0 bridgehead atoms. The highest BCUT2D eigenvalue weighted by Gasteiger charge is 2.13. The summed E-state index contributed by atoms with van der Waals surface area (Å²) in [6, 6.07) is 5.82. The molecule has 0 aromatic carbocycles. The first-order valence-corrected chi connectivity index (χ1v) is 5.93. The van der Waals surface area contributed by atoms with Gasteiger partial charge in [0.1, 0.15) is 5.82 Å². The summed E-state index contributed by atoms with van der Waals surface area (Å²) in [5.74, 6) is 2.31. The van der Waals surface area contributed by atoms with Crippen molar-refractivity contribution in [3.63, 3.8) is 0 Å². The number of anilines is 1. The van der Waals surface area contributed by atoms with Crippen LogP contribution in [0.2, 0.25) is 0 Å². The SMILES string of the molecule is CCOc1cccc(NCC2CCNC2)n1. The molecule has 4 nitrogen and oxygen atoms in total. The average molecular weight is 221 g/mol. The maximum absolute atomic E-state index is 5.35. The van der Waals surface area contributed by atoms with Crippen molar-refractivity contribution in [1.82, 2.24) is 10.3 Å². The van der Waals surface area contributed by atoms with Crippen molar-refractivity contribution in [2.75, 3.05) is 31.6 Å². The third kappa shape index (κ3) is 3.10. The number of nitrogens with one attached hydrogen (secondary N) is 2. The lowest BCUT2D eigenvalue weighted by atomic mass is 10.1. The van der Waals surface area contributed by atoms with Crippen molar-refractivity contribution >= 4 is 5.82 Å². The fourth-order valence-electron chi connectivity index (χ4n) is 1.88. The molecule has 0 aliphatic carbocycles. The van der Waals surface area contributed by atoms with E-state index in [1.54, 1.807) is 0 Å². The summed E-state index contributed by atoms with van der Waals surface area (Å²) in [6.07, 6.45) is 1.25. The normalized spacial score (nSPS) is 19.7. The maximum atomic E-state index is 5.35. The zero-order chi connectivity index (χ0) is 11.2. The number of pyridine rings is 1. The minimum absolute atomic E-state index is 0.656. The lowest BCUT2D eigenvalue weighted by molar-refractivity contribution is 0.327. The monoisotopic (exact) mass is 221 g/mol. The Morgan fingerprint density at radius 2 is 2.50 bits per heavy atom. The summed E-state index contributed by atoms with van der Waals surface area (Å²) >= 11 is 0. The highest BCUT2D eigenvalue weighted by atomic mass is 16.5. The number of aromatic nitrogens is 1. The van der Waals surface area contributed by atoms with Crippen LogP contribution in [0.5, 0.6) is 5.88 Å². The van der Waals surface area contributed by atoms with Crippen molar-refractivity contribution in [3.8, 4) is 5.88 Å². The second-order valence-corrected chi connectivity index (χ2v) is 4.03. The van der Waals surface area contributed by atoms with E-state index in [4.69, 9.17) is 4.74 Å². The average Bonchev–Trinajstić information content (AvgIpc) is 2.80. The first kappa shape index (κ1) is 11.2. The van der Waals surface area contributed by atoms with Crippen LogP contribution in [-0.4, -0.2) is 31.2 Å². The lowest BCUT2D eigenvalue weighted by Crippen LogP contribution is -2.17. The van der Waals surface area contributed by atoms with Gasteiger partial charge in [-0.2, -0.15) is 4.98 Å². The minimum Gasteiger partial charge on any atom is -0.478 e. The van der Waals surface area contributed by atoms with Crippen LogP contribution in [0.15, 0.2) is 18.2 Å². The molecule has 1 atom stereocenters. The van der Waals surface area contributed by atoms with E-state index in [0.29, 0.717) is 12.5 Å². The topological polar surface area (TPSA) is 46.2 Å².